The van der Waals surface area contributed by atoms with Crippen LogP contribution in [-0.2, 0) is 0 Å². The van der Waals surface area contributed by atoms with E-state index in [1.807, 2.05) is 24.5 Å². The molecule has 0 aliphatic carbocycles. The van der Waals surface area contributed by atoms with Crippen molar-refractivity contribution < 1.29 is 4.42 Å². The van der Waals surface area contributed by atoms with Gasteiger partial charge in [-0.15, -0.1) is 0 Å². The van der Waals surface area contributed by atoms with Crippen LogP contribution in [0.2, 0.25) is 0 Å². The fourth-order valence-electron chi connectivity index (χ4n) is 3.90. The van der Waals surface area contributed by atoms with Crippen molar-refractivity contribution in [3.63, 3.8) is 0 Å². The fourth-order valence-corrected chi connectivity index (χ4v) is 3.90. The van der Waals surface area contributed by atoms with Crippen molar-refractivity contribution in [3.8, 4) is 5.69 Å². The number of fused-ring (bicyclic) bond motifs is 6. The summed E-state index contributed by atoms with van der Waals surface area (Å²) >= 11 is 0. The normalized spacial score (nSPS) is 11.8. The summed E-state index contributed by atoms with van der Waals surface area (Å²) in [4.78, 5) is 4.22. The molecule has 26 heavy (non-hydrogen) atoms. The number of rotatable bonds is 1. The first kappa shape index (κ1) is 13.7. The Morgan fingerprint density at radius 3 is 2.58 bits per heavy atom. The van der Waals surface area contributed by atoms with Gasteiger partial charge >= 0.3 is 0 Å². The van der Waals surface area contributed by atoms with Gasteiger partial charge in [-0.05, 0) is 47.9 Å². The zero-order valence-corrected chi connectivity index (χ0v) is 13.9. The first-order valence-electron chi connectivity index (χ1n) is 8.65. The molecular weight excluding hydrogens is 320 g/mol. The third-order valence-electron chi connectivity index (χ3n) is 5.06. The van der Waals surface area contributed by atoms with Crippen molar-refractivity contribution in [2.75, 3.05) is 0 Å². The zero-order chi connectivity index (χ0) is 17.1. The summed E-state index contributed by atoms with van der Waals surface area (Å²) in [6.07, 6.45) is 3.73. The van der Waals surface area contributed by atoms with Gasteiger partial charge in [-0.1, -0.05) is 30.3 Å². The zero-order valence-electron chi connectivity index (χ0n) is 13.9. The highest BCUT2D eigenvalue weighted by molar-refractivity contribution is 6.16. The van der Waals surface area contributed by atoms with Crippen LogP contribution in [0.4, 0.5) is 0 Å². The minimum absolute atomic E-state index is 0.919. The maximum Gasteiger partial charge on any atom is 0.161 e. The minimum Gasteiger partial charge on any atom is -0.454 e. The molecule has 0 bridgehead atoms. The van der Waals surface area contributed by atoms with Crippen LogP contribution in [0.15, 0.2) is 89.6 Å². The Hall–Kier alpha value is -3.59. The van der Waals surface area contributed by atoms with Gasteiger partial charge < -0.3 is 8.98 Å². The molecule has 3 aromatic carbocycles. The van der Waals surface area contributed by atoms with E-state index < -0.39 is 0 Å². The first-order valence-corrected chi connectivity index (χ1v) is 8.65. The molecule has 0 aliphatic heterocycles. The quantitative estimate of drug-likeness (QED) is 0.365. The van der Waals surface area contributed by atoms with E-state index in [0.717, 1.165) is 44.0 Å². The van der Waals surface area contributed by atoms with Crippen LogP contribution in [0, 0.1) is 0 Å². The lowest BCUT2D eigenvalue weighted by atomic mass is 10.1. The molecule has 3 heteroatoms. The van der Waals surface area contributed by atoms with Crippen LogP contribution in [0.1, 0.15) is 0 Å². The van der Waals surface area contributed by atoms with Gasteiger partial charge in [-0.3, -0.25) is 4.98 Å². The van der Waals surface area contributed by atoms with Gasteiger partial charge in [0.15, 0.2) is 5.58 Å². The van der Waals surface area contributed by atoms with Gasteiger partial charge in [-0.25, -0.2) is 0 Å². The Morgan fingerprint density at radius 1 is 0.769 bits per heavy atom. The van der Waals surface area contributed by atoms with Crippen molar-refractivity contribution in [1.82, 2.24) is 9.55 Å². The number of hydrogen-bond acceptors (Lipinski definition) is 2. The number of nitrogens with zero attached hydrogens (tertiary/aromatic N) is 2. The highest BCUT2D eigenvalue weighted by atomic mass is 16.3. The largest absolute Gasteiger partial charge is 0.454 e. The van der Waals surface area contributed by atoms with Crippen LogP contribution in [0.25, 0.3) is 49.4 Å². The van der Waals surface area contributed by atoms with Crippen molar-refractivity contribution >= 4 is 43.7 Å². The molecule has 0 saturated carbocycles. The maximum absolute atomic E-state index is 6.22. The van der Waals surface area contributed by atoms with Crippen molar-refractivity contribution in [2.45, 2.75) is 0 Å². The predicted molar refractivity (Wildman–Crippen MR) is 106 cm³/mol. The standard InChI is InChI=1S/C23H14N2O/c1-3-7-20-18(5-1)23-22(19-6-2-4-8-21(19)26-23)25(20)17-10-9-16-14-24-12-11-15(16)13-17/h1-14H. The number of hydrogen-bond donors (Lipinski definition) is 0. The van der Waals surface area contributed by atoms with E-state index in [2.05, 4.69) is 70.2 Å². The first-order chi connectivity index (χ1) is 12.9. The number of furan rings is 1. The van der Waals surface area contributed by atoms with Crippen molar-refractivity contribution in [2.24, 2.45) is 0 Å². The molecule has 3 nitrogen and oxygen atoms in total. The summed E-state index contributed by atoms with van der Waals surface area (Å²) in [5, 5.41) is 4.58. The molecule has 0 unspecified atom stereocenters. The second kappa shape index (κ2) is 4.96. The lowest BCUT2D eigenvalue weighted by Gasteiger charge is -2.08. The fraction of sp³-hybridized carbons (Fsp3) is 0. The maximum atomic E-state index is 6.22. The number of pyridine rings is 1. The van der Waals surface area contributed by atoms with Gasteiger partial charge in [0.05, 0.1) is 5.52 Å². The van der Waals surface area contributed by atoms with E-state index in [9.17, 15) is 0 Å². The third-order valence-corrected chi connectivity index (χ3v) is 5.06. The summed E-state index contributed by atoms with van der Waals surface area (Å²) in [5.74, 6) is 0. The lowest BCUT2D eigenvalue weighted by molar-refractivity contribution is 0.673. The Bertz CT molecular complexity index is 1430. The molecule has 0 N–H and O–H groups in total. The Morgan fingerprint density at radius 2 is 1.62 bits per heavy atom. The highest BCUT2D eigenvalue weighted by Crippen LogP contribution is 2.38. The van der Waals surface area contributed by atoms with Gasteiger partial charge in [0.25, 0.3) is 0 Å². The average Bonchev–Trinajstić information content (AvgIpc) is 3.22. The highest BCUT2D eigenvalue weighted by Gasteiger charge is 2.18. The molecule has 0 amide bonds. The minimum atomic E-state index is 0.919. The molecule has 6 aromatic rings. The molecule has 0 atom stereocenters. The second-order valence-corrected chi connectivity index (χ2v) is 6.54. The van der Waals surface area contributed by atoms with E-state index in [1.165, 1.54) is 5.39 Å². The smallest absolute Gasteiger partial charge is 0.161 e. The predicted octanol–water partition coefficient (Wildman–Crippen LogP) is 6.08. The van der Waals surface area contributed by atoms with E-state index in [4.69, 9.17) is 4.42 Å². The van der Waals surface area contributed by atoms with Crippen LogP contribution < -0.4 is 0 Å². The number of aromatic nitrogens is 2. The third kappa shape index (κ3) is 1.74. The molecule has 6 rings (SSSR count). The van der Waals surface area contributed by atoms with Crippen LogP contribution in [0.3, 0.4) is 0 Å². The van der Waals surface area contributed by atoms with Gasteiger partial charge in [0, 0.05) is 34.2 Å². The van der Waals surface area contributed by atoms with E-state index in [0.29, 0.717) is 0 Å². The summed E-state index contributed by atoms with van der Waals surface area (Å²) < 4.78 is 8.53. The van der Waals surface area contributed by atoms with E-state index >= 15 is 0 Å². The molecule has 0 fully saturated rings. The van der Waals surface area contributed by atoms with Gasteiger partial charge in [0.1, 0.15) is 11.1 Å². The molecule has 122 valence electrons. The lowest BCUT2D eigenvalue weighted by Crippen LogP contribution is -1.93. The van der Waals surface area contributed by atoms with Crippen LogP contribution in [0.5, 0.6) is 0 Å². The van der Waals surface area contributed by atoms with Crippen molar-refractivity contribution in [1.29, 1.82) is 0 Å². The topological polar surface area (TPSA) is 31.0 Å². The van der Waals surface area contributed by atoms with E-state index in [1.54, 1.807) is 0 Å². The molecule has 0 spiro atoms. The number of para-hydroxylation sites is 2. The Labute approximate surface area is 149 Å². The summed E-state index contributed by atoms with van der Waals surface area (Å²) in [5.41, 5.74) is 5.26. The molecular formula is C23H14N2O. The van der Waals surface area contributed by atoms with Gasteiger partial charge in [-0.2, -0.15) is 0 Å². The van der Waals surface area contributed by atoms with E-state index in [-0.39, 0.29) is 0 Å². The van der Waals surface area contributed by atoms with Gasteiger partial charge in [0.2, 0.25) is 0 Å². The molecule has 0 radical (unpaired) electrons. The van der Waals surface area contributed by atoms with Crippen molar-refractivity contribution in [3.05, 3.63) is 85.2 Å². The Balaban J connectivity index is 1.82. The SMILES string of the molecule is c1ccc2c(c1)oc1c3ccccc3n(-c3ccc4cnccc4c3)c21. The molecule has 0 aliphatic rings. The second-order valence-electron chi connectivity index (χ2n) is 6.54. The number of benzene rings is 3. The van der Waals surface area contributed by atoms with Crippen LogP contribution in [-0.4, -0.2) is 9.55 Å². The summed E-state index contributed by atoms with van der Waals surface area (Å²) in [7, 11) is 0. The molecule has 3 heterocycles. The summed E-state index contributed by atoms with van der Waals surface area (Å²) in [6.45, 7) is 0. The average molecular weight is 334 g/mol. The summed E-state index contributed by atoms with van der Waals surface area (Å²) in [6, 6.07) is 25.2. The van der Waals surface area contributed by atoms with Crippen LogP contribution >= 0.6 is 0 Å². The molecule has 3 aromatic heterocycles. The Kier molecular flexibility index (Phi) is 2.61. The molecule has 0 saturated heterocycles. The monoisotopic (exact) mass is 334 g/mol.